The molecule has 0 saturated heterocycles. The summed E-state index contributed by atoms with van der Waals surface area (Å²) in [5.74, 6) is 1.81. The summed E-state index contributed by atoms with van der Waals surface area (Å²) in [5.41, 5.74) is 0.358. The maximum absolute atomic E-state index is 6.34. The van der Waals surface area contributed by atoms with Gasteiger partial charge >= 0.3 is 0 Å². The molecule has 2 aliphatic rings. The Morgan fingerprint density at radius 1 is 1.19 bits per heavy atom. The Morgan fingerprint density at radius 2 is 1.95 bits per heavy atom. The zero-order valence-corrected chi connectivity index (χ0v) is 13.2. The molecule has 2 aliphatic carbocycles. The zero-order chi connectivity index (χ0) is 14.7. The molecule has 1 spiro atoms. The van der Waals surface area contributed by atoms with E-state index in [0.29, 0.717) is 17.6 Å². The van der Waals surface area contributed by atoms with Crippen molar-refractivity contribution in [1.29, 1.82) is 0 Å². The summed E-state index contributed by atoms with van der Waals surface area (Å²) in [5, 5.41) is 3.68. The molecule has 0 amide bonds. The molecule has 2 fully saturated rings. The van der Waals surface area contributed by atoms with Crippen molar-refractivity contribution >= 4 is 0 Å². The number of hydrogen-bond acceptors (Lipinski definition) is 3. The van der Waals surface area contributed by atoms with Gasteiger partial charge in [-0.15, -0.1) is 0 Å². The summed E-state index contributed by atoms with van der Waals surface area (Å²) in [6.45, 7) is 3.26. The van der Waals surface area contributed by atoms with Gasteiger partial charge in [0.15, 0.2) is 0 Å². The first kappa shape index (κ1) is 14.7. The van der Waals surface area contributed by atoms with Gasteiger partial charge in [-0.05, 0) is 31.5 Å². The standard InChI is InChI=1S/C18H27NO2/c1-3-19-16-13-17(18(16)10-5-4-6-11-18)21-15-9-7-8-14(12-15)20-2/h7-9,12,16-17,19H,3-6,10-11,13H2,1-2H3. The molecular formula is C18H27NO2. The summed E-state index contributed by atoms with van der Waals surface area (Å²) in [6, 6.07) is 8.64. The molecule has 0 heterocycles. The molecule has 3 nitrogen and oxygen atoms in total. The minimum Gasteiger partial charge on any atom is -0.497 e. The normalized spacial score (nSPS) is 27.1. The molecule has 116 valence electrons. The summed E-state index contributed by atoms with van der Waals surface area (Å²) >= 11 is 0. The Bertz CT molecular complexity index is 468. The fourth-order valence-corrected chi connectivity index (χ4v) is 4.17. The molecule has 0 bridgehead atoms. The second kappa shape index (κ2) is 6.27. The molecule has 21 heavy (non-hydrogen) atoms. The van der Waals surface area contributed by atoms with Crippen LogP contribution < -0.4 is 14.8 Å². The van der Waals surface area contributed by atoms with E-state index in [1.807, 2.05) is 24.3 Å². The molecule has 1 N–H and O–H groups in total. The Hall–Kier alpha value is -1.22. The number of hydrogen-bond donors (Lipinski definition) is 1. The van der Waals surface area contributed by atoms with Gasteiger partial charge in [0.1, 0.15) is 17.6 Å². The van der Waals surface area contributed by atoms with E-state index in [-0.39, 0.29) is 0 Å². The quantitative estimate of drug-likeness (QED) is 0.895. The van der Waals surface area contributed by atoms with E-state index >= 15 is 0 Å². The van der Waals surface area contributed by atoms with Gasteiger partial charge in [0.25, 0.3) is 0 Å². The Balaban J connectivity index is 1.72. The Labute approximate surface area is 128 Å². The van der Waals surface area contributed by atoms with Crippen LogP contribution in [-0.2, 0) is 0 Å². The van der Waals surface area contributed by atoms with Crippen LogP contribution in [0.1, 0.15) is 45.4 Å². The molecule has 2 atom stereocenters. The zero-order valence-electron chi connectivity index (χ0n) is 13.2. The first-order chi connectivity index (χ1) is 10.3. The van der Waals surface area contributed by atoms with Gasteiger partial charge in [-0.3, -0.25) is 0 Å². The summed E-state index contributed by atoms with van der Waals surface area (Å²) in [4.78, 5) is 0. The fraction of sp³-hybridized carbons (Fsp3) is 0.667. The third-order valence-electron chi connectivity index (χ3n) is 5.34. The summed E-state index contributed by atoms with van der Waals surface area (Å²) < 4.78 is 11.6. The van der Waals surface area contributed by atoms with Crippen LogP contribution in [0.5, 0.6) is 11.5 Å². The summed E-state index contributed by atoms with van der Waals surface area (Å²) in [6.07, 6.45) is 8.17. The lowest BCUT2D eigenvalue weighted by molar-refractivity contribution is -0.102. The van der Waals surface area contributed by atoms with Crippen molar-refractivity contribution < 1.29 is 9.47 Å². The van der Waals surface area contributed by atoms with E-state index in [0.717, 1.165) is 24.5 Å². The SMILES string of the molecule is CCNC1CC(Oc2cccc(OC)c2)C12CCCCC2. The van der Waals surface area contributed by atoms with Crippen molar-refractivity contribution in [3.05, 3.63) is 24.3 Å². The first-order valence-electron chi connectivity index (χ1n) is 8.32. The van der Waals surface area contributed by atoms with Crippen LogP contribution in [0.15, 0.2) is 24.3 Å². The van der Waals surface area contributed by atoms with Gasteiger partial charge < -0.3 is 14.8 Å². The Morgan fingerprint density at radius 3 is 2.67 bits per heavy atom. The smallest absolute Gasteiger partial charge is 0.123 e. The number of methoxy groups -OCH3 is 1. The highest BCUT2D eigenvalue weighted by Crippen LogP contribution is 2.53. The lowest BCUT2D eigenvalue weighted by atomic mass is 9.55. The average molecular weight is 289 g/mol. The van der Waals surface area contributed by atoms with Crippen molar-refractivity contribution in [1.82, 2.24) is 5.32 Å². The highest BCUT2D eigenvalue weighted by Gasteiger charge is 2.56. The molecule has 2 unspecified atom stereocenters. The van der Waals surface area contributed by atoms with Gasteiger partial charge in [0.2, 0.25) is 0 Å². The van der Waals surface area contributed by atoms with Gasteiger partial charge in [-0.25, -0.2) is 0 Å². The molecule has 0 radical (unpaired) electrons. The highest BCUT2D eigenvalue weighted by atomic mass is 16.5. The van der Waals surface area contributed by atoms with Crippen molar-refractivity contribution in [3.63, 3.8) is 0 Å². The third kappa shape index (κ3) is 2.76. The van der Waals surface area contributed by atoms with Gasteiger partial charge in [0, 0.05) is 23.9 Å². The van der Waals surface area contributed by atoms with Crippen LogP contribution in [0.25, 0.3) is 0 Å². The number of nitrogens with one attached hydrogen (secondary N) is 1. The van der Waals surface area contributed by atoms with Crippen molar-refractivity contribution in [2.24, 2.45) is 5.41 Å². The molecule has 3 heteroatoms. The van der Waals surface area contributed by atoms with Gasteiger partial charge in [-0.1, -0.05) is 32.3 Å². The predicted molar refractivity (Wildman–Crippen MR) is 85.0 cm³/mol. The Kier molecular flexibility index (Phi) is 4.39. The number of benzene rings is 1. The van der Waals surface area contributed by atoms with Crippen LogP contribution >= 0.6 is 0 Å². The molecule has 0 aromatic heterocycles. The minimum atomic E-state index is 0.356. The number of rotatable bonds is 5. The van der Waals surface area contributed by atoms with Crippen molar-refractivity contribution in [2.75, 3.05) is 13.7 Å². The summed E-state index contributed by atoms with van der Waals surface area (Å²) in [7, 11) is 1.70. The maximum atomic E-state index is 6.34. The van der Waals surface area contributed by atoms with E-state index < -0.39 is 0 Å². The van der Waals surface area contributed by atoms with Crippen LogP contribution in [-0.4, -0.2) is 25.8 Å². The second-order valence-electron chi connectivity index (χ2n) is 6.43. The van der Waals surface area contributed by atoms with E-state index in [9.17, 15) is 0 Å². The third-order valence-corrected chi connectivity index (χ3v) is 5.34. The van der Waals surface area contributed by atoms with E-state index in [1.54, 1.807) is 7.11 Å². The molecule has 2 saturated carbocycles. The van der Waals surface area contributed by atoms with E-state index in [4.69, 9.17) is 9.47 Å². The topological polar surface area (TPSA) is 30.5 Å². The molecule has 3 rings (SSSR count). The highest BCUT2D eigenvalue weighted by molar-refractivity contribution is 5.33. The largest absolute Gasteiger partial charge is 0.497 e. The fourth-order valence-electron chi connectivity index (χ4n) is 4.17. The predicted octanol–water partition coefficient (Wildman–Crippen LogP) is 3.77. The van der Waals surface area contributed by atoms with Crippen molar-refractivity contribution in [2.45, 2.75) is 57.6 Å². The van der Waals surface area contributed by atoms with E-state index in [2.05, 4.69) is 12.2 Å². The lowest BCUT2D eigenvalue weighted by Crippen LogP contribution is -2.65. The van der Waals surface area contributed by atoms with Gasteiger partial charge in [-0.2, -0.15) is 0 Å². The van der Waals surface area contributed by atoms with E-state index in [1.165, 1.54) is 32.1 Å². The monoisotopic (exact) mass is 289 g/mol. The average Bonchev–Trinajstić information content (AvgIpc) is 2.55. The second-order valence-corrected chi connectivity index (χ2v) is 6.43. The minimum absolute atomic E-state index is 0.356. The molecule has 0 aliphatic heterocycles. The van der Waals surface area contributed by atoms with Crippen LogP contribution in [0.4, 0.5) is 0 Å². The molecule has 1 aromatic rings. The maximum Gasteiger partial charge on any atom is 0.123 e. The van der Waals surface area contributed by atoms with Gasteiger partial charge in [0.05, 0.1) is 7.11 Å². The van der Waals surface area contributed by atoms with Crippen LogP contribution in [0.2, 0.25) is 0 Å². The number of ether oxygens (including phenoxy) is 2. The first-order valence-corrected chi connectivity index (χ1v) is 8.32. The lowest BCUT2D eigenvalue weighted by Gasteiger charge is -2.57. The molecular weight excluding hydrogens is 262 g/mol. The van der Waals surface area contributed by atoms with Crippen LogP contribution in [0, 0.1) is 5.41 Å². The van der Waals surface area contributed by atoms with Crippen molar-refractivity contribution in [3.8, 4) is 11.5 Å². The molecule has 1 aromatic carbocycles. The van der Waals surface area contributed by atoms with Crippen LogP contribution in [0.3, 0.4) is 0 Å².